The van der Waals surface area contributed by atoms with Gasteiger partial charge < -0.3 is 0 Å². The molecule has 4 fully saturated rings. The maximum atomic E-state index is 3.36. The molecular formula is C30H35+. The second-order valence-corrected chi connectivity index (χ2v) is 11.4. The topological polar surface area (TPSA) is 0 Å². The van der Waals surface area contributed by atoms with Crippen molar-refractivity contribution in [3.05, 3.63) is 72.9 Å². The van der Waals surface area contributed by atoms with Crippen LogP contribution in [0.1, 0.15) is 38.5 Å². The normalized spacial score (nSPS) is 54.1. The molecule has 0 amide bonds. The lowest BCUT2D eigenvalue weighted by Crippen LogP contribution is -2.34. The molecule has 0 nitrogen and oxygen atoms in total. The molecule has 4 saturated carbocycles. The average Bonchev–Trinajstić information content (AvgIpc) is 3.65. The van der Waals surface area contributed by atoms with Gasteiger partial charge in [0, 0.05) is 11.8 Å². The van der Waals surface area contributed by atoms with Gasteiger partial charge in [-0.2, -0.15) is 0 Å². The van der Waals surface area contributed by atoms with E-state index in [-0.39, 0.29) is 0 Å². The summed E-state index contributed by atoms with van der Waals surface area (Å²) in [6, 6.07) is 0. The predicted molar refractivity (Wildman–Crippen MR) is 123 cm³/mol. The second-order valence-electron chi connectivity index (χ2n) is 11.4. The molecule has 9 rings (SSSR count). The second kappa shape index (κ2) is 6.93. The standard InChI is InChI=1S/C15H18.C10H11.C5H6/c1-2-10-11(3-1)13-7-12(10)14-8-4-5-9(6-8)15(13)14;1-2-9-7-4-5-8(6-7)10(9)3-1;1-2-4-5-3-1/h1-2,4-5,8-15H,3,6-7H2;2,4-5,7-10H,3,6H2;1-4H,5H2/q;+1;. The van der Waals surface area contributed by atoms with Gasteiger partial charge in [0.15, 0.2) is 12.5 Å². The Morgan fingerprint density at radius 2 is 1.30 bits per heavy atom. The lowest BCUT2D eigenvalue weighted by Gasteiger charge is -2.38. The summed E-state index contributed by atoms with van der Waals surface area (Å²) in [5.41, 5.74) is 0. The number of fused-ring (bicyclic) bond motifs is 17. The van der Waals surface area contributed by atoms with Gasteiger partial charge in [-0.1, -0.05) is 60.8 Å². The third-order valence-corrected chi connectivity index (χ3v) is 10.4. The highest BCUT2D eigenvalue weighted by Crippen LogP contribution is 2.70. The van der Waals surface area contributed by atoms with Gasteiger partial charge in [-0.15, -0.1) is 0 Å². The summed E-state index contributed by atoms with van der Waals surface area (Å²) in [4.78, 5) is 0. The zero-order chi connectivity index (χ0) is 19.7. The van der Waals surface area contributed by atoms with E-state index in [1.807, 2.05) is 0 Å². The first-order valence-corrected chi connectivity index (χ1v) is 12.8. The Morgan fingerprint density at radius 1 is 0.567 bits per heavy atom. The highest BCUT2D eigenvalue weighted by atomic mass is 14.7. The van der Waals surface area contributed by atoms with Crippen LogP contribution in [0.25, 0.3) is 0 Å². The first-order chi connectivity index (χ1) is 14.9. The summed E-state index contributed by atoms with van der Waals surface area (Å²) < 4.78 is 0. The molecule has 0 aliphatic heterocycles. The molecule has 0 aromatic rings. The molecule has 0 spiro atoms. The Bertz CT molecular complexity index is 854. The molecule has 6 bridgehead atoms. The molecule has 9 aliphatic rings. The van der Waals surface area contributed by atoms with E-state index in [9.17, 15) is 0 Å². The van der Waals surface area contributed by atoms with Crippen LogP contribution in [0.4, 0.5) is 0 Å². The lowest BCUT2D eigenvalue weighted by molar-refractivity contribution is 0.121. The van der Waals surface area contributed by atoms with Crippen molar-refractivity contribution in [2.24, 2.45) is 71.0 Å². The molecule has 0 heterocycles. The van der Waals surface area contributed by atoms with Crippen molar-refractivity contribution in [2.75, 3.05) is 0 Å². The predicted octanol–water partition coefficient (Wildman–Crippen LogP) is 6.96. The fourth-order valence-corrected chi connectivity index (χ4v) is 9.45. The van der Waals surface area contributed by atoms with Gasteiger partial charge in [-0.05, 0) is 91.3 Å². The molecule has 0 aromatic heterocycles. The highest BCUT2D eigenvalue weighted by Gasteiger charge is 2.64. The smallest absolute Gasteiger partial charge is 0.0879 e. The van der Waals surface area contributed by atoms with Crippen LogP contribution in [0.3, 0.4) is 0 Å². The molecular weight excluding hydrogens is 360 g/mol. The molecule has 0 aromatic carbocycles. The summed E-state index contributed by atoms with van der Waals surface area (Å²) in [7, 11) is 0. The molecule has 154 valence electrons. The van der Waals surface area contributed by atoms with Gasteiger partial charge in [0.05, 0.1) is 0 Å². The average molecular weight is 396 g/mol. The largest absolute Gasteiger partial charge is 0.218 e. The summed E-state index contributed by atoms with van der Waals surface area (Å²) in [6.45, 7) is 0. The van der Waals surface area contributed by atoms with E-state index in [1.54, 1.807) is 6.42 Å². The van der Waals surface area contributed by atoms with E-state index in [1.165, 1.54) is 25.7 Å². The number of allylic oxidation sites excluding steroid dienone is 12. The Labute approximate surface area is 182 Å². The van der Waals surface area contributed by atoms with Gasteiger partial charge in [0.1, 0.15) is 0 Å². The minimum Gasteiger partial charge on any atom is -0.0879 e. The first kappa shape index (κ1) is 18.0. The quantitative estimate of drug-likeness (QED) is 0.236. The van der Waals surface area contributed by atoms with Crippen LogP contribution >= 0.6 is 0 Å². The Kier molecular flexibility index (Phi) is 4.15. The molecule has 0 heteroatoms. The Hall–Kier alpha value is -1.65. The van der Waals surface area contributed by atoms with Crippen molar-refractivity contribution in [3.8, 4) is 0 Å². The van der Waals surface area contributed by atoms with Crippen LogP contribution in [-0.4, -0.2) is 0 Å². The van der Waals surface area contributed by atoms with Crippen LogP contribution in [-0.2, 0) is 0 Å². The van der Waals surface area contributed by atoms with Gasteiger partial charge in [0.2, 0.25) is 6.08 Å². The lowest BCUT2D eigenvalue weighted by atomic mass is 9.66. The highest BCUT2D eigenvalue weighted by molar-refractivity contribution is 5.25. The maximum Gasteiger partial charge on any atom is 0.218 e. The van der Waals surface area contributed by atoms with Crippen molar-refractivity contribution < 1.29 is 0 Å². The summed E-state index contributed by atoms with van der Waals surface area (Å²) >= 11 is 0. The van der Waals surface area contributed by atoms with Crippen LogP contribution in [0.5, 0.6) is 0 Å². The van der Waals surface area contributed by atoms with Crippen molar-refractivity contribution in [2.45, 2.75) is 38.5 Å². The molecule has 0 saturated heterocycles. The van der Waals surface area contributed by atoms with E-state index >= 15 is 0 Å². The summed E-state index contributed by atoms with van der Waals surface area (Å²) in [5, 5.41) is 0. The summed E-state index contributed by atoms with van der Waals surface area (Å²) in [5.74, 6) is 12.1. The van der Waals surface area contributed by atoms with Crippen molar-refractivity contribution in [3.63, 3.8) is 0 Å². The zero-order valence-electron chi connectivity index (χ0n) is 18.0. The fourth-order valence-electron chi connectivity index (χ4n) is 9.45. The van der Waals surface area contributed by atoms with E-state index in [4.69, 9.17) is 0 Å². The first-order valence-electron chi connectivity index (χ1n) is 12.8. The van der Waals surface area contributed by atoms with E-state index in [0.717, 1.165) is 77.4 Å². The summed E-state index contributed by atoms with van der Waals surface area (Å²) in [6.07, 6.45) is 37.4. The van der Waals surface area contributed by atoms with Crippen molar-refractivity contribution in [1.29, 1.82) is 0 Å². The van der Waals surface area contributed by atoms with Crippen LogP contribution in [0.15, 0.2) is 66.8 Å². The Morgan fingerprint density at radius 3 is 2.07 bits per heavy atom. The number of hydrogen-bond acceptors (Lipinski definition) is 0. The van der Waals surface area contributed by atoms with Gasteiger partial charge in [-0.25, -0.2) is 0 Å². The van der Waals surface area contributed by atoms with Crippen molar-refractivity contribution >= 4 is 0 Å². The fraction of sp³-hybridized carbons (Fsp3) is 0.600. The molecule has 0 radical (unpaired) electrons. The van der Waals surface area contributed by atoms with Gasteiger partial charge in [-0.3, -0.25) is 0 Å². The minimum absolute atomic E-state index is 0.884. The SMILES string of the molecule is C1=CC2C(C1)C1CC2C2C3C=CC(C3)C12.C1=CCC=C1.[C+]1=CC2C3C=CC(C3)C2C1. The third kappa shape index (κ3) is 2.56. The number of rotatable bonds is 0. The van der Waals surface area contributed by atoms with Gasteiger partial charge in [0.25, 0.3) is 0 Å². The molecule has 9 aliphatic carbocycles. The minimum atomic E-state index is 0.884. The van der Waals surface area contributed by atoms with Crippen LogP contribution in [0.2, 0.25) is 0 Å². The van der Waals surface area contributed by atoms with Crippen molar-refractivity contribution in [1.82, 2.24) is 0 Å². The van der Waals surface area contributed by atoms with E-state index in [0.29, 0.717) is 0 Å². The van der Waals surface area contributed by atoms with E-state index < -0.39 is 0 Å². The Balaban J connectivity index is 0.0000000930. The monoisotopic (exact) mass is 395 g/mol. The molecule has 12 unspecified atom stereocenters. The van der Waals surface area contributed by atoms with E-state index in [2.05, 4.69) is 72.9 Å². The maximum absolute atomic E-state index is 3.36. The zero-order valence-corrected chi connectivity index (χ0v) is 18.0. The molecule has 0 N–H and O–H groups in total. The van der Waals surface area contributed by atoms with Crippen LogP contribution in [0, 0.1) is 77.1 Å². The number of hydrogen-bond donors (Lipinski definition) is 0. The molecule has 30 heavy (non-hydrogen) atoms. The van der Waals surface area contributed by atoms with Crippen LogP contribution < -0.4 is 0 Å². The molecule has 12 atom stereocenters. The van der Waals surface area contributed by atoms with Gasteiger partial charge >= 0.3 is 0 Å². The third-order valence-electron chi connectivity index (χ3n) is 10.4.